The van der Waals surface area contributed by atoms with Crippen LogP contribution in [0.1, 0.15) is 31.8 Å². The Kier molecular flexibility index (Phi) is 17.4. The molecule has 0 bridgehead atoms. The van der Waals surface area contributed by atoms with E-state index >= 15 is 0 Å². The van der Waals surface area contributed by atoms with Gasteiger partial charge in [0.15, 0.2) is 35.9 Å². The molecule has 0 radical (unpaired) electrons. The van der Waals surface area contributed by atoms with E-state index in [2.05, 4.69) is 214 Å². The van der Waals surface area contributed by atoms with E-state index in [9.17, 15) is 0 Å². The normalized spacial score (nSPS) is 12.5. The molecule has 19 aromatic rings. The van der Waals surface area contributed by atoms with E-state index < -0.39 is 18.1 Å². The molecule has 0 saturated heterocycles. The van der Waals surface area contributed by atoms with Crippen LogP contribution in [0.25, 0.3) is 154 Å². The molecule has 500 valence electrons. The largest absolute Gasteiger partial charge is 0.456 e. The summed E-state index contributed by atoms with van der Waals surface area (Å²) in [5.74, 6) is 0. The predicted molar refractivity (Wildman–Crippen MR) is 432 cm³/mol. The SMILES string of the molecule is Brc1nc(-c2ccc3oc4ccccc4c3c2)c2ncccc2n1.Brc1nc(-c2ccccc2)c2cccnc2n1.CC1(C)c2ccccc2-c2ccc(-c3nc(Br)nc4ncccc34)cc21.Clc1nc(-c2ccccc2)c2sc3ccccc3c2n1.[2H]c1c([2H])c([2H])c(-c2nc(Br)nc3ncccc23)c([2H])c1[2H]. The zero-order chi connectivity index (χ0) is 75.2. The van der Waals surface area contributed by atoms with Gasteiger partial charge in [-0.05, 0) is 183 Å². The highest BCUT2D eigenvalue weighted by atomic mass is 79.9. The number of benzene rings is 8. The number of fused-ring (bicyclic) bond motifs is 13. The molecule has 0 N–H and O–H groups in total. The third kappa shape index (κ3) is 13.7. The van der Waals surface area contributed by atoms with Crippen molar-refractivity contribution < 1.29 is 11.3 Å². The lowest BCUT2D eigenvalue weighted by atomic mass is 9.82. The molecule has 104 heavy (non-hydrogen) atoms. The van der Waals surface area contributed by atoms with Gasteiger partial charge in [-0.3, -0.25) is 4.98 Å². The van der Waals surface area contributed by atoms with E-state index in [-0.39, 0.29) is 33.5 Å². The Morgan fingerprint density at radius 1 is 0.365 bits per heavy atom. The van der Waals surface area contributed by atoms with Crippen LogP contribution in [0.3, 0.4) is 0 Å². The monoisotopic (exact) mass is 1650 g/mol. The fraction of sp³-hybridized carbons (Fsp3) is 0.0361. The number of pyridine rings is 4. The van der Waals surface area contributed by atoms with Gasteiger partial charge in [0.25, 0.3) is 0 Å². The van der Waals surface area contributed by atoms with Crippen LogP contribution in [0.4, 0.5) is 0 Å². The second-order valence-electron chi connectivity index (χ2n) is 23.9. The van der Waals surface area contributed by atoms with E-state index in [0.717, 1.165) is 104 Å². The summed E-state index contributed by atoms with van der Waals surface area (Å²) >= 11 is 21.1. The Morgan fingerprint density at radius 2 is 0.856 bits per heavy atom. The maximum atomic E-state index is 8.05. The predicted octanol–water partition coefficient (Wildman–Crippen LogP) is 23.2. The van der Waals surface area contributed by atoms with Crippen molar-refractivity contribution >= 4 is 173 Å². The minimum atomic E-state index is -0.436. The van der Waals surface area contributed by atoms with E-state index in [1.165, 1.54) is 27.0 Å². The van der Waals surface area contributed by atoms with Crippen molar-refractivity contribution in [2.75, 3.05) is 0 Å². The van der Waals surface area contributed by atoms with Gasteiger partial charge in [-0.25, -0.2) is 64.8 Å². The molecule has 0 aliphatic heterocycles. The summed E-state index contributed by atoms with van der Waals surface area (Å²) in [5, 5.41) is 6.03. The molecule has 0 spiro atoms. The molecule has 1 aliphatic carbocycles. The summed E-state index contributed by atoms with van der Waals surface area (Å²) in [6.45, 7) is 4.58. The molecule has 0 saturated carbocycles. The highest BCUT2D eigenvalue weighted by Gasteiger charge is 2.35. The molecule has 8 aromatic carbocycles. The number of aromatic nitrogens is 14. The molecule has 1 aliphatic rings. The Morgan fingerprint density at radius 3 is 1.52 bits per heavy atom. The van der Waals surface area contributed by atoms with Gasteiger partial charge in [-0.2, -0.15) is 0 Å². The topological polar surface area (TPSA) is 194 Å². The van der Waals surface area contributed by atoms with Gasteiger partial charge in [0, 0.05) is 95.0 Å². The molecule has 0 fully saturated rings. The summed E-state index contributed by atoms with van der Waals surface area (Å²) in [7, 11) is 0. The number of nitrogens with zero attached hydrogens (tertiary/aromatic N) is 14. The minimum Gasteiger partial charge on any atom is -0.456 e. The third-order valence-corrected chi connectivity index (χ3v) is 20.0. The fourth-order valence-corrected chi connectivity index (χ4v) is 15.3. The van der Waals surface area contributed by atoms with Gasteiger partial charge in [0.05, 0.1) is 45.4 Å². The summed E-state index contributed by atoms with van der Waals surface area (Å²) in [4.78, 5) is 61.1. The molecule has 11 heterocycles. The summed E-state index contributed by atoms with van der Waals surface area (Å²) in [6.07, 6.45) is 6.81. The van der Waals surface area contributed by atoms with E-state index in [0.29, 0.717) is 41.8 Å². The number of hydrogen-bond donors (Lipinski definition) is 0. The molecule has 21 heteroatoms. The Hall–Kier alpha value is -11.0. The molecule has 0 amide bonds. The van der Waals surface area contributed by atoms with Crippen LogP contribution >= 0.6 is 86.7 Å². The standard InChI is InChI=1S/C22H16BrN3.C19H10BrN3O.C16H9ClN2S.2C13H8BrN3/c1-22(2)17-8-4-3-6-14(17)15-10-9-13(12-18(15)22)19-16-7-5-11-24-20(16)26-21(23)25-19;20-19-22-14-5-3-9-21-18(14)17(23-19)11-7-8-16-13(10-11)12-4-1-2-6-15(12)24-16;17-16-18-13(10-6-2-1-3-7-10)15-14(19-16)11-8-4-5-9-12(11)20-15;2*14-13-16-11(9-5-2-1-3-6-9)10-7-4-8-15-12(10)17-13/h3-12H,1-2H3;1-10H;1-9H;2*1-8H/i;;;1D,2D,3D,5D,6D;. The quantitative estimate of drug-likeness (QED) is 0.148. The number of halogens is 5. The van der Waals surface area contributed by atoms with Gasteiger partial charge in [0.2, 0.25) is 5.28 Å². The van der Waals surface area contributed by atoms with Crippen molar-refractivity contribution in [1.82, 2.24) is 69.8 Å². The fourth-order valence-electron chi connectivity index (χ4n) is 12.6. The number of thiophene rings is 1. The third-order valence-electron chi connectivity index (χ3n) is 17.3. The highest BCUT2D eigenvalue weighted by Crippen LogP contribution is 2.50. The molecule has 0 unspecified atom stereocenters. The molecule has 15 nitrogen and oxygen atoms in total. The molecule has 11 aromatic heterocycles. The first-order chi connectivity index (χ1) is 52.9. The van der Waals surface area contributed by atoms with Crippen LogP contribution in [-0.2, 0) is 5.41 Å². The van der Waals surface area contributed by atoms with Crippen molar-refractivity contribution in [2.24, 2.45) is 0 Å². The first kappa shape index (κ1) is 61.7. The maximum Gasteiger partial charge on any atom is 0.223 e. The average Bonchev–Trinajstić information content (AvgIpc) is 1.60. The molecule has 0 atom stereocenters. The van der Waals surface area contributed by atoms with Crippen LogP contribution in [0.2, 0.25) is 5.28 Å². The Balaban J connectivity index is 0.000000104. The van der Waals surface area contributed by atoms with Crippen molar-refractivity contribution in [3.8, 4) is 67.4 Å². The zero-order valence-electron chi connectivity index (χ0n) is 59.6. The van der Waals surface area contributed by atoms with Gasteiger partial charge < -0.3 is 4.42 Å². The lowest BCUT2D eigenvalue weighted by Gasteiger charge is -2.22. The average molecular weight is 1650 g/mol. The number of para-hydroxylation sites is 1. The van der Waals surface area contributed by atoms with Crippen molar-refractivity contribution in [3.05, 3.63) is 309 Å². The van der Waals surface area contributed by atoms with E-state index in [1.807, 2.05) is 140 Å². The summed E-state index contributed by atoms with van der Waals surface area (Å²) in [5.41, 5.74) is 19.4. The second kappa shape index (κ2) is 29.4. The van der Waals surface area contributed by atoms with Crippen LogP contribution in [0, 0.1) is 0 Å². The second-order valence-corrected chi connectivity index (χ2v) is 28.2. The van der Waals surface area contributed by atoms with Crippen LogP contribution in [-0.4, -0.2) is 69.8 Å². The highest BCUT2D eigenvalue weighted by molar-refractivity contribution is 9.11. The minimum absolute atomic E-state index is 0.0275. The van der Waals surface area contributed by atoms with Crippen LogP contribution < -0.4 is 0 Å². The first-order valence-electron chi connectivity index (χ1n) is 34.8. The van der Waals surface area contributed by atoms with Gasteiger partial charge in [0.1, 0.15) is 22.4 Å². The first-order valence-corrected chi connectivity index (χ1v) is 36.6. The lowest BCUT2D eigenvalue weighted by Crippen LogP contribution is -2.14. The smallest absolute Gasteiger partial charge is 0.223 e. The van der Waals surface area contributed by atoms with E-state index in [1.54, 1.807) is 48.3 Å². The number of hydrogen-bond acceptors (Lipinski definition) is 16. The van der Waals surface area contributed by atoms with Crippen LogP contribution in [0.5, 0.6) is 0 Å². The summed E-state index contributed by atoms with van der Waals surface area (Å²) in [6, 6.07) is 71.0. The number of rotatable bonds is 5. The van der Waals surface area contributed by atoms with Crippen molar-refractivity contribution in [3.63, 3.8) is 0 Å². The van der Waals surface area contributed by atoms with Crippen molar-refractivity contribution in [2.45, 2.75) is 19.3 Å². The molecule has 20 rings (SSSR count). The van der Waals surface area contributed by atoms with Crippen molar-refractivity contribution in [1.29, 1.82) is 0 Å². The lowest BCUT2D eigenvalue weighted by molar-refractivity contribution is 0.660. The van der Waals surface area contributed by atoms with Gasteiger partial charge in [-0.15, -0.1) is 11.3 Å². The Bertz CT molecular complexity index is 6770. The zero-order valence-corrected chi connectivity index (χ0v) is 62.5. The maximum absolute atomic E-state index is 8.05. The van der Waals surface area contributed by atoms with E-state index in [4.69, 9.17) is 22.9 Å². The van der Waals surface area contributed by atoms with Gasteiger partial charge >= 0.3 is 0 Å². The molecular formula is C83H51Br4ClN14OS. The summed E-state index contributed by atoms with van der Waals surface area (Å²) < 4.78 is 49.4. The molecular weight excluding hydrogens is 1600 g/mol. The van der Waals surface area contributed by atoms with Gasteiger partial charge in [-0.1, -0.05) is 178 Å². The number of furan rings is 1. The van der Waals surface area contributed by atoms with Crippen LogP contribution in [0.15, 0.2) is 297 Å². The Labute approximate surface area is 644 Å².